The Morgan fingerprint density at radius 3 is 2.33 bits per heavy atom. The molecule has 3 heterocycles. The molecule has 0 amide bonds. The molecule has 0 fully saturated rings. The third-order valence-electron chi connectivity index (χ3n) is 5.42. The van der Waals surface area contributed by atoms with E-state index in [9.17, 15) is 13.2 Å². The lowest BCUT2D eigenvalue weighted by atomic mass is 10.1. The smallest absolute Gasteiger partial charge is 0.416 e. The zero-order chi connectivity index (χ0) is 20.5. The van der Waals surface area contributed by atoms with Crippen LogP contribution in [0.15, 0.2) is 83.3 Å². The normalized spacial score (nSPS) is 12.5. The second kappa shape index (κ2) is 5.86. The highest BCUT2D eigenvalue weighted by molar-refractivity contribution is 6.14. The van der Waals surface area contributed by atoms with Crippen LogP contribution in [0.1, 0.15) is 5.56 Å². The molecule has 0 aliphatic carbocycles. The number of benzene rings is 3. The largest absolute Gasteiger partial charge is 0.456 e. The lowest BCUT2D eigenvalue weighted by Crippen LogP contribution is -2.04. The highest BCUT2D eigenvalue weighted by Gasteiger charge is 2.30. The third kappa shape index (κ3) is 2.37. The molecule has 0 bridgehead atoms. The molecule has 0 unspecified atom stereocenters. The summed E-state index contributed by atoms with van der Waals surface area (Å²) in [6, 6.07) is 22.5. The molecule has 0 spiro atoms. The molecule has 0 saturated carbocycles. The van der Waals surface area contributed by atoms with Crippen LogP contribution in [0.4, 0.5) is 13.2 Å². The SMILES string of the molecule is FC(F)(F)c1ccc(-c2cc3oc4ccccc4c3c3nc4ccccc4n23)cc1. The van der Waals surface area contributed by atoms with Crippen LogP contribution in [-0.4, -0.2) is 9.38 Å². The molecule has 6 heteroatoms. The van der Waals surface area contributed by atoms with E-state index in [-0.39, 0.29) is 0 Å². The van der Waals surface area contributed by atoms with E-state index in [1.165, 1.54) is 12.1 Å². The van der Waals surface area contributed by atoms with E-state index in [1.807, 2.05) is 59.0 Å². The lowest BCUT2D eigenvalue weighted by Gasteiger charge is -2.10. The van der Waals surface area contributed by atoms with Crippen LogP contribution in [0.2, 0.25) is 0 Å². The maximum Gasteiger partial charge on any atom is 0.416 e. The zero-order valence-corrected chi connectivity index (χ0v) is 15.4. The molecule has 3 aromatic carbocycles. The number of para-hydroxylation sites is 3. The topological polar surface area (TPSA) is 30.4 Å². The Kier molecular flexibility index (Phi) is 3.34. The van der Waals surface area contributed by atoms with E-state index in [2.05, 4.69) is 0 Å². The maximum absolute atomic E-state index is 13.0. The number of pyridine rings is 1. The number of rotatable bonds is 1. The van der Waals surface area contributed by atoms with Crippen molar-refractivity contribution >= 4 is 38.6 Å². The number of aromatic nitrogens is 2. The predicted octanol–water partition coefficient (Wildman–Crippen LogP) is 7.07. The van der Waals surface area contributed by atoms with E-state index in [0.29, 0.717) is 16.8 Å². The van der Waals surface area contributed by atoms with Crippen LogP contribution in [0.3, 0.4) is 0 Å². The van der Waals surface area contributed by atoms with E-state index < -0.39 is 11.7 Å². The summed E-state index contributed by atoms with van der Waals surface area (Å²) in [5.41, 5.74) is 4.49. The van der Waals surface area contributed by atoms with E-state index >= 15 is 0 Å². The van der Waals surface area contributed by atoms with E-state index in [0.717, 1.165) is 45.2 Å². The first kappa shape index (κ1) is 17.1. The summed E-state index contributed by atoms with van der Waals surface area (Å²) in [5, 5.41) is 1.84. The number of halogens is 3. The number of nitrogens with zero attached hydrogens (tertiary/aromatic N) is 2. The summed E-state index contributed by atoms with van der Waals surface area (Å²) < 4.78 is 47.1. The fourth-order valence-electron chi connectivity index (χ4n) is 4.07. The van der Waals surface area contributed by atoms with Crippen LogP contribution < -0.4 is 0 Å². The van der Waals surface area contributed by atoms with Gasteiger partial charge in [-0.15, -0.1) is 0 Å². The number of hydrogen-bond donors (Lipinski definition) is 0. The maximum atomic E-state index is 13.0. The molecule has 30 heavy (non-hydrogen) atoms. The van der Waals surface area contributed by atoms with Crippen molar-refractivity contribution in [2.45, 2.75) is 6.18 Å². The first-order chi connectivity index (χ1) is 14.5. The Labute approximate surface area is 168 Å². The summed E-state index contributed by atoms with van der Waals surface area (Å²) in [7, 11) is 0. The van der Waals surface area contributed by atoms with Gasteiger partial charge in [0.2, 0.25) is 0 Å². The minimum absolute atomic E-state index is 0.647. The fourth-order valence-corrected chi connectivity index (χ4v) is 4.07. The molecule has 0 radical (unpaired) electrons. The van der Waals surface area contributed by atoms with Gasteiger partial charge in [0.1, 0.15) is 16.8 Å². The van der Waals surface area contributed by atoms with Gasteiger partial charge in [-0.2, -0.15) is 13.2 Å². The van der Waals surface area contributed by atoms with E-state index in [4.69, 9.17) is 9.40 Å². The summed E-state index contributed by atoms with van der Waals surface area (Å²) in [6.07, 6.45) is -4.38. The highest BCUT2D eigenvalue weighted by Crippen LogP contribution is 2.38. The molecule has 6 rings (SSSR count). The number of fused-ring (bicyclic) bond motifs is 7. The first-order valence-corrected chi connectivity index (χ1v) is 9.40. The van der Waals surface area contributed by atoms with Crippen molar-refractivity contribution in [2.24, 2.45) is 0 Å². The summed E-state index contributed by atoms with van der Waals surface area (Å²) in [5.74, 6) is 0. The Morgan fingerprint density at radius 1 is 0.800 bits per heavy atom. The Morgan fingerprint density at radius 2 is 1.53 bits per heavy atom. The Bertz CT molecular complexity index is 1570. The molecular weight excluding hydrogens is 389 g/mol. The molecular formula is C24H13F3N2O. The van der Waals surface area contributed by atoms with Gasteiger partial charge in [-0.3, -0.25) is 4.40 Å². The standard InChI is InChI=1S/C24H13F3N2O/c25-24(26,27)15-11-9-14(10-12-15)19-13-21-22(16-5-1-4-8-20(16)30-21)23-28-17-6-2-3-7-18(17)29(19)23/h1-13H. The average Bonchev–Trinajstić information content (AvgIpc) is 3.30. The first-order valence-electron chi connectivity index (χ1n) is 9.40. The second-order valence-corrected chi connectivity index (χ2v) is 7.20. The van der Waals surface area contributed by atoms with Crippen LogP contribution in [0.5, 0.6) is 0 Å². The number of hydrogen-bond acceptors (Lipinski definition) is 2. The minimum atomic E-state index is -4.38. The van der Waals surface area contributed by atoms with Crippen molar-refractivity contribution in [1.82, 2.24) is 9.38 Å². The van der Waals surface area contributed by atoms with Gasteiger partial charge in [0.15, 0.2) is 0 Å². The molecule has 3 aromatic heterocycles. The molecule has 0 aliphatic rings. The highest BCUT2D eigenvalue weighted by atomic mass is 19.4. The van der Waals surface area contributed by atoms with Gasteiger partial charge in [0, 0.05) is 11.5 Å². The minimum Gasteiger partial charge on any atom is -0.456 e. The van der Waals surface area contributed by atoms with Crippen molar-refractivity contribution in [3.8, 4) is 11.3 Å². The van der Waals surface area contributed by atoms with Gasteiger partial charge in [-0.25, -0.2) is 4.98 Å². The molecule has 0 N–H and O–H groups in total. The summed E-state index contributed by atoms with van der Waals surface area (Å²) in [4.78, 5) is 4.83. The molecule has 0 atom stereocenters. The van der Waals surface area contributed by atoms with Gasteiger partial charge in [-0.05, 0) is 35.9 Å². The number of alkyl halides is 3. The number of imidazole rings is 1. The van der Waals surface area contributed by atoms with Crippen molar-refractivity contribution in [2.75, 3.05) is 0 Å². The van der Waals surface area contributed by atoms with Crippen molar-refractivity contribution in [1.29, 1.82) is 0 Å². The van der Waals surface area contributed by atoms with Gasteiger partial charge >= 0.3 is 6.18 Å². The Balaban J connectivity index is 1.75. The quantitative estimate of drug-likeness (QED) is 0.294. The second-order valence-electron chi connectivity index (χ2n) is 7.20. The predicted molar refractivity (Wildman–Crippen MR) is 110 cm³/mol. The zero-order valence-electron chi connectivity index (χ0n) is 15.4. The lowest BCUT2D eigenvalue weighted by molar-refractivity contribution is -0.137. The van der Waals surface area contributed by atoms with Crippen LogP contribution in [-0.2, 0) is 6.18 Å². The van der Waals surface area contributed by atoms with Crippen molar-refractivity contribution < 1.29 is 17.6 Å². The number of furan rings is 1. The summed E-state index contributed by atoms with van der Waals surface area (Å²) in [6.45, 7) is 0. The van der Waals surface area contributed by atoms with Crippen LogP contribution in [0, 0.1) is 0 Å². The van der Waals surface area contributed by atoms with Gasteiger partial charge in [0.05, 0.1) is 27.7 Å². The third-order valence-corrected chi connectivity index (χ3v) is 5.42. The molecule has 0 saturated heterocycles. The van der Waals surface area contributed by atoms with E-state index in [1.54, 1.807) is 0 Å². The fraction of sp³-hybridized carbons (Fsp3) is 0.0417. The Hall–Kier alpha value is -3.80. The molecule has 6 aromatic rings. The van der Waals surface area contributed by atoms with Gasteiger partial charge in [-0.1, -0.05) is 42.5 Å². The average molecular weight is 402 g/mol. The monoisotopic (exact) mass is 402 g/mol. The summed E-state index contributed by atoms with van der Waals surface area (Å²) >= 11 is 0. The van der Waals surface area contributed by atoms with Crippen LogP contribution in [0.25, 0.3) is 49.9 Å². The van der Waals surface area contributed by atoms with Crippen molar-refractivity contribution in [3.05, 3.63) is 84.4 Å². The van der Waals surface area contributed by atoms with Crippen molar-refractivity contribution in [3.63, 3.8) is 0 Å². The molecule has 0 aliphatic heterocycles. The van der Waals surface area contributed by atoms with Crippen LogP contribution >= 0.6 is 0 Å². The molecule has 146 valence electrons. The molecule has 3 nitrogen and oxygen atoms in total. The van der Waals surface area contributed by atoms with Gasteiger partial charge < -0.3 is 4.42 Å². The van der Waals surface area contributed by atoms with Gasteiger partial charge in [0.25, 0.3) is 0 Å².